The molecule has 0 aliphatic carbocycles. The van der Waals surface area contributed by atoms with E-state index in [-0.39, 0.29) is 24.0 Å². The zero-order chi connectivity index (χ0) is 20.8. The third kappa shape index (κ3) is 6.90. The van der Waals surface area contributed by atoms with E-state index in [0.29, 0.717) is 29.3 Å². The van der Waals surface area contributed by atoms with Gasteiger partial charge in [0.15, 0.2) is 5.96 Å². The van der Waals surface area contributed by atoms with Gasteiger partial charge in [0.05, 0.1) is 6.54 Å². The molecule has 3 aromatic rings. The average Bonchev–Trinajstić information content (AvgIpc) is 3.45. The Morgan fingerprint density at radius 2 is 2.03 bits per heavy atom. The van der Waals surface area contributed by atoms with Gasteiger partial charge >= 0.3 is 0 Å². The molecule has 1 fully saturated rings. The molecule has 31 heavy (non-hydrogen) atoms. The number of hydrogen-bond donors (Lipinski definition) is 2. The van der Waals surface area contributed by atoms with Crippen LogP contribution in [0.1, 0.15) is 24.3 Å². The third-order valence-corrected chi connectivity index (χ3v) is 6.10. The van der Waals surface area contributed by atoms with Crippen LogP contribution in [0.2, 0.25) is 5.02 Å². The van der Waals surface area contributed by atoms with Gasteiger partial charge in [-0.3, -0.25) is 9.89 Å². The van der Waals surface area contributed by atoms with Crippen LogP contribution < -0.4 is 10.6 Å². The summed E-state index contributed by atoms with van der Waals surface area (Å²) < 4.78 is 5.35. The van der Waals surface area contributed by atoms with E-state index in [1.165, 1.54) is 5.56 Å². The standard InChI is InChI=1S/C21H25ClN6OS.HI/c1-23-21(25-18-6-9-28(10-7-18)13-15-8-11-30-14-15)24-12-19-26-20(27-29-19)16-2-4-17(22)5-3-16;/h2-5,8,11,14,18H,6-7,9-10,12-13H2,1H3,(H2,23,24,25);1H. The molecule has 2 aromatic heterocycles. The van der Waals surface area contributed by atoms with Crippen LogP contribution in [-0.4, -0.2) is 47.2 Å². The summed E-state index contributed by atoms with van der Waals surface area (Å²) in [7, 11) is 1.77. The molecule has 7 nitrogen and oxygen atoms in total. The maximum atomic E-state index is 5.93. The minimum absolute atomic E-state index is 0. The predicted molar refractivity (Wildman–Crippen MR) is 136 cm³/mol. The maximum Gasteiger partial charge on any atom is 0.246 e. The van der Waals surface area contributed by atoms with E-state index >= 15 is 0 Å². The number of thiophene rings is 1. The van der Waals surface area contributed by atoms with Crippen LogP contribution in [0.15, 0.2) is 50.6 Å². The minimum atomic E-state index is 0. The molecular formula is C21H26ClIN6OS. The molecule has 0 unspecified atom stereocenters. The first-order valence-electron chi connectivity index (χ1n) is 9.99. The van der Waals surface area contributed by atoms with Crippen LogP contribution in [-0.2, 0) is 13.1 Å². The van der Waals surface area contributed by atoms with Crippen molar-refractivity contribution in [1.29, 1.82) is 0 Å². The summed E-state index contributed by atoms with van der Waals surface area (Å²) in [5.41, 5.74) is 2.27. The minimum Gasteiger partial charge on any atom is -0.354 e. The number of aliphatic imine (C=N–C) groups is 1. The van der Waals surface area contributed by atoms with Gasteiger partial charge < -0.3 is 15.2 Å². The van der Waals surface area contributed by atoms with E-state index in [9.17, 15) is 0 Å². The van der Waals surface area contributed by atoms with E-state index in [4.69, 9.17) is 16.1 Å². The molecule has 1 saturated heterocycles. The second kappa shape index (κ2) is 11.8. The van der Waals surface area contributed by atoms with Gasteiger partial charge in [-0.1, -0.05) is 16.8 Å². The first-order valence-corrected chi connectivity index (χ1v) is 11.3. The molecule has 1 aromatic carbocycles. The Hall–Kier alpha value is -1.69. The second-order valence-corrected chi connectivity index (χ2v) is 8.49. The monoisotopic (exact) mass is 572 g/mol. The first kappa shape index (κ1) is 24.0. The SMILES string of the molecule is CN=C(NCc1nc(-c2ccc(Cl)cc2)no1)NC1CCN(Cc2ccsc2)CC1.I. The van der Waals surface area contributed by atoms with E-state index in [1.54, 1.807) is 18.4 Å². The Kier molecular flexibility index (Phi) is 9.12. The number of rotatable bonds is 6. The van der Waals surface area contributed by atoms with Gasteiger partial charge in [-0.25, -0.2) is 0 Å². The fourth-order valence-electron chi connectivity index (χ4n) is 3.47. The summed E-state index contributed by atoms with van der Waals surface area (Å²) in [6, 6.07) is 9.97. The van der Waals surface area contributed by atoms with Crippen molar-refractivity contribution in [2.45, 2.75) is 32.0 Å². The highest BCUT2D eigenvalue weighted by Crippen LogP contribution is 2.19. The van der Waals surface area contributed by atoms with Crippen LogP contribution in [0, 0.1) is 0 Å². The maximum absolute atomic E-state index is 5.93. The lowest BCUT2D eigenvalue weighted by molar-refractivity contribution is 0.198. The molecule has 0 spiro atoms. The molecule has 0 amide bonds. The van der Waals surface area contributed by atoms with Crippen molar-refractivity contribution >= 4 is 52.9 Å². The lowest BCUT2D eigenvalue weighted by Gasteiger charge is -2.32. The van der Waals surface area contributed by atoms with Crippen molar-refractivity contribution in [3.8, 4) is 11.4 Å². The van der Waals surface area contributed by atoms with Crippen molar-refractivity contribution in [2.75, 3.05) is 20.1 Å². The van der Waals surface area contributed by atoms with E-state index in [0.717, 1.165) is 44.0 Å². The molecule has 0 saturated carbocycles. The number of piperidine rings is 1. The molecule has 3 heterocycles. The summed E-state index contributed by atoms with van der Waals surface area (Å²) >= 11 is 7.69. The number of guanidine groups is 1. The van der Waals surface area contributed by atoms with Gasteiger partial charge in [-0.2, -0.15) is 16.3 Å². The zero-order valence-electron chi connectivity index (χ0n) is 17.3. The molecule has 10 heteroatoms. The topological polar surface area (TPSA) is 78.6 Å². The van der Waals surface area contributed by atoms with E-state index < -0.39 is 0 Å². The summed E-state index contributed by atoms with van der Waals surface area (Å²) in [5, 5.41) is 15.9. The van der Waals surface area contributed by atoms with Crippen LogP contribution in [0.4, 0.5) is 0 Å². The van der Waals surface area contributed by atoms with Crippen molar-refractivity contribution in [3.05, 3.63) is 57.6 Å². The molecule has 1 aliphatic heterocycles. The smallest absolute Gasteiger partial charge is 0.246 e. The summed E-state index contributed by atoms with van der Waals surface area (Å²) in [6.45, 7) is 3.62. The largest absolute Gasteiger partial charge is 0.354 e. The Labute approximate surface area is 208 Å². The van der Waals surface area contributed by atoms with Gasteiger partial charge in [0.25, 0.3) is 0 Å². The van der Waals surface area contributed by atoms with Crippen molar-refractivity contribution < 1.29 is 4.52 Å². The van der Waals surface area contributed by atoms with Gasteiger partial charge in [-0.15, -0.1) is 24.0 Å². The van der Waals surface area contributed by atoms with Crippen molar-refractivity contribution in [2.24, 2.45) is 4.99 Å². The number of halogens is 2. The molecule has 0 radical (unpaired) electrons. The number of hydrogen-bond acceptors (Lipinski definition) is 6. The molecule has 0 atom stereocenters. The first-order chi connectivity index (χ1) is 14.7. The predicted octanol–water partition coefficient (Wildman–Crippen LogP) is 4.40. The summed E-state index contributed by atoms with van der Waals surface area (Å²) in [6.07, 6.45) is 2.18. The molecule has 4 rings (SSSR count). The van der Waals surface area contributed by atoms with Crippen molar-refractivity contribution in [1.82, 2.24) is 25.7 Å². The highest BCUT2D eigenvalue weighted by atomic mass is 127. The molecular weight excluding hydrogens is 547 g/mol. The number of benzene rings is 1. The van der Waals surface area contributed by atoms with Gasteiger partial charge in [0.2, 0.25) is 11.7 Å². The van der Waals surface area contributed by atoms with E-state index in [2.05, 4.69) is 47.5 Å². The quantitative estimate of drug-likeness (QED) is 0.259. The molecule has 1 aliphatic rings. The number of likely N-dealkylation sites (tertiary alicyclic amines) is 1. The average molecular weight is 573 g/mol. The van der Waals surface area contributed by atoms with Crippen molar-refractivity contribution in [3.63, 3.8) is 0 Å². The van der Waals surface area contributed by atoms with Gasteiger partial charge in [0, 0.05) is 43.3 Å². The number of nitrogens with one attached hydrogen (secondary N) is 2. The summed E-state index contributed by atoms with van der Waals surface area (Å²) in [5.74, 6) is 1.80. The number of nitrogens with zero attached hydrogens (tertiary/aromatic N) is 4. The highest BCUT2D eigenvalue weighted by Gasteiger charge is 2.20. The lowest BCUT2D eigenvalue weighted by Crippen LogP contribution is -2.48. The normalized spacial score (nSPS) is 15.5. The Balaban J connectivity index is 0.00000272. The van der Waals surface area contributed by atoms with Crippen LogP contribution in [0.5, 0.6) is 0 Å². The second-order valence-electron chi connectivity index (χ2n) is 7.27. The van der Waals surface area contributed by atoms with Crippen LogP contribution in [0.3, 0.4) is 0 Å². The zero-order valence-corrected chi connectivity index (χ0v) is 21.2. The van der Waals surface area contributed by atoms with Crippen LogP contribution in [0.25, 0.3) is 11.4 Å². The molecule has 0 bridgehead atoms. The van der Waals surface area contributed by atoms with Gasteiger partial charge in [0.1, 0.15) is 0 Å². The Morgan fingerprint density at radius 1 is 1.26 bits per heavy atom. The fraction of sp³-hybridized carbons (Fsp3) is 0.381. The lowest BCUT2D eigenvalue weighted by atomic mass is 10.0. The third-order valence-electron chi connectivity index (χ3n) is 5.12. The Bertz CT molecular complexity index is 955. The van der Waals surface area contributed by atoms with Gasteiger partial charge in [-0.05, 0) is 59.5 Å². The van der Waals surface area contributed by atoms with Crippen LogP contribution >= 0.6 is 46.9 Å². The molecule has 166 valence electrons. The fourth-order valence-corrected chi connectivity index (χ4v) is 4.25. The Morgan fingerprint density at radius 3 is 2.71 bits per heavy atom. The van der Waals surface area contributed by atoms with E-state index in [1.807, 2.05) is 24.3 Å². The number of aromatic nitrogens is 2. The highest BCUT2D eigenvalue weighted by molar-refractivity contribution is 14.0. The molecule has 2 N–H and O–H groups in total. The summed E-state index contributed by atoms with van der Waals surface area (Å²) in [4.78, 5) is 11.3.